The van der Waals surface area contributed by atoms with E-state index in [1.165, 1.54) is 64.5 Å². The molecule has 42 heavy (non-hydrogen) atoms. The van der Waals surface area contributed by atoms with Gasteiger partial charge in [-0.15, -0.1) is 0 Å². The zero-order valence-corrected chi connectivity index (χ0v) is 23.1. The largest absolute Gasteiger partial charge is 0.495 e. The van der Waals surface area contributed by atoms with Crippen molar-refractivity contribution in [1.29, 1.82) is 0 Å². The van der Waals surface area contributed by atoms with E-state index in [1.807, 2.05) is 0 Å². The first-order chi connectivity index (χ1) is 20.0. The van der Waals surface area contributed by atoms with Crippen LogP contribution < -0.4 is 20.1 Å². The van der Waals surface area contributed by atoms with Crippen LogP contribution in [-0.4, -0.2) is 35.9 Å². The van der Waals surface area contributed by atoms with Gasteiger partial charge in [0.2, 0.25) is 0 Å². The van der Waals surface area contributed by atoms with Crippen molar-refractivity contribution in [3.63, 3.8) is 0 Å². The second-order valence-electron chi connectivity index (χ2n) is 9.15. The van der Waals surface area contributed by atoms with Crippen LogP contribution in [0.2, 0.25) is 0 Å². The summed E-state index contributed by atoms with van der Waals surface area (Å²) in [6.07, 6.45) is 0. The smallest absolute Gasteiger partial charge is 0.273 e. The summed E-state index contributed by atoms with van der Waals surface area (Å²) in [5.74, 6) is -0.353. The van der Waals surface area contributed by atoms with Crippen LogP contribution >= 0.6 is 0 Å². The number of ether oxygens (including phenoxy) is 2. The Kier molecular flexibility index (Phi) is 8.46. The molecule has 0 atom stereocenters. The number of hydrogen-bond acceptors (Lipinski definition) is 8. The number of rotatable bonds is 9. The van der Waals surface area contributed by atoms with Crippen molar-refractivity contribution in [2.45, 2.75) is 13.8 Å². The van der Waals surface area contributed by atoms with Crippen molar-refractivity contribution in [3.05, 3.63) is 115 Å². The number of nitrogens with one attached hydrogen (secondary N) is 2. The summed E-state index contributed by atoms with van der Waals surface area (Å²) in [4.78, 5) is 47.3. The minimum atomic E-state index is -0.540. The minimum Gasteiger partial charge on any atom is -0.495 e. The Morgan fingerprint density at radius 1 is 0.643 bits per heavy atom. The maximum atomic E-state index is 12.9. The van der Waals surface area contributed by atoms with E-state index in [0.717, 1.165) is 0 Å². The molecule has 0 heterocycles. The van der Waals surface area contributed by atoms with Gasteiger partial charge in [0.25, 0.3) is 23.2 Å². The quantitative estimate of drug-likeness (QED) is 0.175. The summed E-state index contributed by atoms with van der Waals surface area (Å²) in [5, 5.41) is 28.0. The molecule has 0 bridgehead atoms. The van der Waals surface area contributed by atoms with Crippen molar-refractivity contribution in [2.24, 2.45) is 0 Å². The average Bonchev–Trinajstić information content (AvgIpc) is 2.97. The van der Waals surface area contributed by atoms with Gasteiger partial charge in [0.05, 0.1) is 35.4 Å². The van der Waals surface area contributed by atoms with Crippen LogP contribution in [0.4, 0.5) is 22.7 Å². The first-order valence-electron chi connectivity index (χ1n) is 12.5. The van der Waals surface area contributed by atoms with Gasteiger partial charge < -0.3 is 20.1 Å². The standard InChI is InChI=1S/C30H26N4O8/c1-17-21(7-5-9-25(17)33(37)38)29(35)31-23-13-11-19(15-27(23)41-3)20-12-14-24(28(16-20)42-4)32-30(36)22-8-6-10-26(18(22)2)34(39)40/h5-16H,1-4H3,(H,31,35)(H,32,36). The predicted molar refractivity (Wildman–Crippen MR) is 157 cm³/mol. The zero-order chi connectivity index (χ0) is 30.6. The van der Waals surface area contributed by atoms with Gasteiger partial charge in [-0.1, -0.05) is 24.3 Å². The fraction of sp³-hybridized carbons (Fsp3) is 0.133. The fourth-order valence-corrected chi connectivity index (χ4v) is 4.46. The molecule has 214 valence electrons. The Morgan fingerprint density at radius 2 is 1.02 bits per heavy atom. The van der Waals surface area contributed by atoms with Gasteiger partial charge >= 0.3 is 0 Å². The first-order valence-corrected chi connectivity index (χ1v) is 12.5. The first kappa shape index (κ1) is 29.2. The number of anilines is 2. The van der Waals surface area contributed by atoms with E-state index in [4.69, 9.17) is 9.47 Å². The highest BCUT2D eigenvalue weighted by atomic mass is 16.6. The average molecular weight is 571 g/mol. The van der Waals surface area contributed by atoms with Crippen LogP contribution in [0, 0.1) is 34.1 Å². The summed E-state index contributed by atoms with van der Waals surface area (Å²) < 4.78 is 11.0. The van der Waals surface area contributed by atoms with Crippen molar-refractivity contribution in [1.82, 2.24) is 0 Å². The number of nitrogens with zero attached hydrogens (tertiary/aromatic N) is 2. The molecule has 0 aromatic heterocycles. The maximum absolute atomic E-state index is 12.9. The molecule has 0 aliphatic carbocycles. The number of carbonyl (C=O) groups is 2. The van der Waals surface area contributed by atoms with Crippen LogP contribution in [-0.2, 0) is 0 Å². The number of hydrogen-bond donors (Lipinski definition) is 2. The van der Waals surface area contributed by atoms with Crippen LogP contribution in [0.3, 0.4) is 0 Å². The molecule has 2 amide bonds. The van der Waals surface area contributed by atoms with Gasteiger partial charge in [-0.05, 0) is 61.4 Å². The summed E-state index contributed by atoms with van der Waals surface area (Å²) in [7, 11) is 2.89. The van der Waals surface area contributed by atoms with Gasteiger partial charge in [0.15, 0.2) is 0 Å². The molecular weight excluding hydrogens is 544 g/mol. The lowest BCUT2D eigenvalue weighted by molar-refractivity contribution is -0.385. The number of benzene rings is 4. The molecule has 2 N–H and O–H groups in total. The molecule has 4 rings (SSSR count). The summed E-state index contributed by atoms with van der Waals surface area (Å²) >= 11 is 0. The van der Waals surface area contributed by atoms with Crippen molar-refractivity contribution >= 4 is 34.6 Å². The lowest BCUT2D eigenvalue weighted by atomic mass is 10.0. The molecule has 0 spiro atoms. The lowest BCUT2D eigenvalue weighted by Crippen LogP contribution is -2.15. The van der Waals surface area contributed by atoms with Gasteiger partial charge in [-0.25, -0.2) is 0 Å². The van der Waals surface area contributed by atoms with E-state index in [2.05, 4.69) is 10.6 Å². The Morgan fingerprint density at radius 3 is 1.36 bits per heavy atom. The summed E-state index contributed by atoms with van der Waals surface area (Å²) in [6, 6.07) is 18.8. The van der Waals surface area contributed by atoms with E-state index in [-0.39, 0.29) is 33.6 Å². The summed E-state index contributed by atoms with van der Waals surface area (Å²) in [6.45, 7) is 3.02. The topological polar surface area (TPSA) is 163 Å². The number of amides is 2. The fourth-order valence-electron chi connectivity index (χ4n) is 4.46. The molecule has 12 nitrogen and oxygen atoms in total. The zero-order valence-electron chi connectivity index (χ0n) is 23.1. The van der Waals surface area contributed by atoms with Crippen LogP contribution in [0.25, 0.3) is 11.1 Å². The van der Waals surface area contributed by atoms with Gasteiger partial charge in [0, 0.05) is 34.4 Å². The Balaban J connectivity index is 1.58. The minimum absolute atomic E-state index is 0.154. The second-order valence-corrected chi connectivity index (χ2v) is 9.15. The number of methoxy groups -OCH3 is 2. The Labute approximate surface area is 240 Å². The van der Waals surface area contributed by atoms with Gasteiger partial charge in [-0.3, -0.25) is 29.8 Å². The highest BCUT2D eigenvalue weighted by Gasteiger charge is 2.21. The molecule has 0 aliphatic rings. The van der Waals surface area contributed by atoms with Gasteiger partial charge in [0.1, 0.15) is 11.5 Å². The Hall–Kier alpha value is -5.78. The van der Waals surface area contributed by atoms with E-state index in [0.29, 0.717) is 34.0 Å². The van der Waals surface area contributed by atoms with Gasteiger partial charge in [-0.2, -0.15) is 0 Å². The number of nitro benzene ring substituents is 2. The van der Waals surface area contributed by atoms with Crippen molar-refractivity contribution < 1.29 is 28.9 Å². The lowest BCUT2D eigenvalue weighted by Gasteiger charge is -2.15. The maximum Gasteiger partial charge on any atom is 0.273 e. The molecule has 0 saturated heterocycles. The number of carbonyl (C=O) groups excluding carboxylic acids is 2. The third-order valence-corrected chi connectivity index (χ3v) is 6.73. The third-order valence-electron chi connectivity index (χ3n) is 6.73. The molecule has 0 saturated carbocycles. The molecular formula is C30H26N4O8. The van der Waals surface area contributed by atoms with E-state index < -0.39 is 21.7 Å². The monoisotopic (exact) mass is 570 g/mol. The molecule has 0 unspecified atom stereocenters. The van der Waals surface area contributed by atoms with Crippen molar-refractivity contribution in [2.75, 3.05) is 24.9 Å². The molecule has 0 fully saturated rings. The molecule has 4 aromatic carbocycles. The van der Waals surface area contributed by atoms with Crippen LogP contribution in [0.5, 0.6) is 11.5 Å². The van der Waals surface area contributed by atoms with Crippen LogP contribution in [0.1, 0.15) is 31.8 Å². The SMILES string of the molecule is COc1cc(-c2ccc(NC(=O)c3cccc([N+](=O)[O-])c3C)c(OC)c2)ccc1NC(=O)c1cccc([N+](=O)[O-])c1C. The molecule has 12 heteroatoms. The van der Waals surface area contributed by atoms with Crippen LogP contribution in [0.15, 0.2) is 72.8 Å². The molecule has 0 radical (unpaired) electrons. The van der Waals surface area contributed by atoms with E-state index in [9.17, 15) is 29.8 Å². The highest BCUT2D eigenvalue weighted by molar-refractivity contribution is 6.07. The van der Waals surface area contributed by atoms with E-state index >= 15 is 0 Å². The third kappa shape index (κ3) is 5.87. The second kappa shape index (κ2) is 12.2. The van der Waals surface area contributed by atoms with Crippen molar-refractivity contribution in [3.8, 4) is 22.6 Å². The Bertz CT molecular complexity index is 1610. The molecule has 0 aliphatic heterocycles. The highest BCUT2D eigenvalue weighted by Crippen LogP contribution is 2.36. The number of nitro groups is 2. The molecule has 4 aromatic rings. The summed E-state index contributed by atoms with van der Waals surface area (Å²) in [5.41, 5.74) is 2.66. The normalized spacial score (nSPS) is 10.5. The van der Waals surface area contributed by atoms with E-state index in [1.54, 1.807) is 36.4 Å². The predicted octanol–water partition coefficient (Wildman–Crippen LogP) is 6.31.